The van der Waals surface area contributed by atoms with Gasteiger partial charge in [0.1, 0.15) is 0 Å². The first-order valence-electron chi connectivity index (χ1n) is 8.00. The molecule has 1 aliphatic carbocycles. The first kappa shape index (κ1) is 16.4. The number of carbonyl (C=O) groups is 1. The molecule has 2 fully saturated rings. The van der Waals surface area contributed by atoms with Crippen molar-refractivity contribution in [2.45, 2.75) is 25.2 Å². The Morgan fingerprint density at radius 1 is 1.22 bits per heavy atom. The fourth-order valence-electron chi connectivity index (χ4n) is 3.23. The van der Waals surface area contributed by atoms with Gasteiger partial charge in [-0.2, -0.15) is 12.7 Å². The highest BCUT2D eigenvalue weighted by Crippen LogP contribution is 2.46. The van der Waals surface area contributed by atoms with Gasteiger partial charge in [-0.3, -0.25) is 4.79 Å². The van der Waals surface area contributed by atoms with E-state index < -0.39 is 22.1 Å². The Morgan fingerprint density at radius 2 is 1.87 bits per heavy atom. The minimum absolute atomic E-state index is 0.277. The summed E-state index contributed by atoms with van der Waals surface area (Å²) in [6.07, 6.45) is 1.77. The summed E-state index contributed by atoms with van der Waals surface area (Å²) in [6.45, 7) is 0.999. The quantitative estimate of drug-likeness (QED) is 0.821. The average Bonchev–Trinajstić information content (AvgIpc) is 3.34. The van der Waals surface area contributed by atoms with Crippen LogP contribution in [0.3, 0.4) is 0 Å². The lowest BCUT2D eigenvalue weighted by Gasteiger charge is -2.29. The molecule has 0 spiro atoms. The lowest BCUT2D eigenvalue weighted by molar-refractivity contribution is -0.142. The van der Waals surface area contributed by atoms with Gasteiger partial charge in [0.05, 0.1) is 5.92 Å². The van der Waals surface area contributed by atoms with Gasteiger partial charge < -0.3 is 5.11 Å². The first-order valence-corrected chi connectivity index (χ1v) is 9.44. The smallest absolute Gasteiger partial charge is 0.306 e. The van der Waals surface area contributed by atoms with Gasteiger partial charge in [0, 0.05) is 19.6 Å². The average molecular weight is 338 g/mol. The van der Waals surface area contributed by atoms with Crippen LogP contribution in [0.25, 0.3) is 0 Å². The maximum Gasteiger partial charge on any atom is 0.306 e. The van der Waals surface area contributed by atoms with E-state index >= 15 is 0 Å². The number of benzene rings is 1. The normalized spacial score (nSPS) is 26.1. The van der Waals surface area contributed by atoms with Crippen LogP contribution < -0.4 is 4.72 Å². The molecular weight excluding hydrogens is 316 g/mol. The summed E-state index contributed by atoms with van der Waals surface area (Å²) in [5.41, 5.74) is 1.26. The summed E-state index contributed by atoms with van der Waals surface area (Å²) in [5, 5.41) is 8.97. The predicted molar refractivity (Wildman–Crippen MR) is 86.1 cm³/mol. The van der Waals surface area contributed by atoms with Gasteiger partial charge in [0.15, 0.2) is 0 Å². The van der Waals surface area contributed by atoms with E-state index in [-0.39, 0.29) is 13.1 Å². The molecule has 0 amide bonds. The van der Waals surface area contributed by atoms with Crippen LogP contribution in [-0.4, -0.2) is 43.4 Å². The zero-order valence-corrected chi connectivity index (χ0v) is 13.7. The second-order valence-corrected chi connectivity index (χ2v) is 8.13. The molecular formula is C16H22N2O4S. The van der Waals surface area contributed by atoms with Crippen LogP contribution in [-0.2, 0) is 15.0 Å². The van der Waals surface area contributed by atoms with E-state index in [0.717, 1.165) is 6.42 Å². The maximum absolute atomic E-state index is 12.3. The van der Waals surface area contributed by atoms with Crippen LogP contribution in [0.2, 0.25) is 0 Å². The number of nitrogens with one attached hydrogen (secondary N) is 1. The number of rotatable bonds is 6. The molecule has 7 heteroatoms. The van der Waals surface area contributed by atoms with Crippen molar-refractivity contribution in [2.75, 3.05) is 19.6 Å². The van der Waals surface area contributed by atoms with Crippen LogP contribution in [0.15, 0.2) is 30.3 Å². The van der Waals surface area contributed by atoms with E-state index in [4.69, 9.17) is 5.11 Å². The largest absolute Gasteiger partial charge is 0.481 e. The van der Waals surface area contributed by atoms with Crippen molar-refractivity contribution in [3.05, 3.63) is 35.9 Å². The highest BCUT2D eigenvalue weighted by Gasteiger charge is 2.39. The third-order valence-corrected chi connectivity index (χ3v) is 6.40. The molecule has 0 unspecified atom stereocenters. The standard InChI is InChI=1S/C16H22N2O4S/c19-16(20)13-6-8-18(9-7-13)23(21,22)17-11-14-10-15(14)12-4-2-1-3-5-12/h1-5,13-15,17H,6-11H2,(H,19,20)/t14-,15-/m0/s1. The Kier molecular flexibility index (Phi) is 4.70. The molecule has 1 aliphatic heterocycles. The maximum atomic E-state index is 12.3. The van der Waals surface area contributed by atoms with Crippen LogP contribution >= 0.6 is 0 Å². The number of hydrogen-bond donors (Lipinski definition) is 2. The second kappa shape index (κ2) is 6.59. The molecule has 1 saturated heterocycles. The highest BCUT2D eigenvalue weighted by atomic mass is 32.2. The van der Waals surface area contributed by atoms with Crippen molar-refractivity contribution >= 4 is 16.2 Å². The van der Waals surface area contributed by atoms with Gasteiger partial charge in [-0.25, -0.2) is 4.72 Å². The van der Waals surface area contributed by atoms with Gasteiger partial charge in [0.25, 0.3) is 10.2 Å². The molecule has 126 valence electrons. The van der Waals surface area contributed by atoms with E-state index in [1.165, 1.54) is 9.87 Å². The molecule has 3 rings (SSSR count). The lowest BCUT2D eigenvalue weighted by Crippen LogP contribution is -2.46. The molecule has 1 heterocycles. The SMILES string of the molecule is O=C(O)C1CCN(S(=O)(=O)NC[C@@H]2C[C@H]2c2ccccc2)CC1. The van der Waals surface area contributed by atoms with Crippen LogP contribution in [0.4, 0.5) is 0 Å². The molecule has 1 aromatic carbocycles. The molecule has 0 aromatic heterocycles. The summed E-state index contributed by atoms with van der Waals surface area (Å²) in [5.74, 6) is -0.466. The van der Waals surface area contributed by atoms with Gasteiger partial charge in [0.2, 0.25) is 0 Å². The third kappa shape index (κ3) is 3.91. The second-order valence-electron chi connectivity index (χ2n) is 6.38. The minimum atomic E-state index is -3.50. The Balaban J connectivity index is 1.48. The molecule has 0 bridgehead atoms. The Bertz CT molecular complexity index is 654. The molecule has 2 atom stereocenters. The van der Waals surface area contributed by atoms with Crippen molar-refractivity contribution in [1.29, 1.82) is 0 Å². The van der Waals surface area contributed by atoms with E-state index in [0.29, 0.717) is 31.2 Å². The predicted octanol–water partition coefficient (Wildman–Crippen LogP) is 1.42. The van der Waals surface area contributed by atoms with Crippen molar-refractivity contribution < 1.29 is 18.3 Å². The summed E-state index contributed by atoms with van der Waals surface area (Å²) in [4.78, 5) is 10.9. The molecule has 6 nitrogen and oxygen atoms in total. The topological polar surface area (TPSA) is 86.7 Å². The van der Waals surface area contributed by atoms with Gasteiger partial charge >= 0.3 is 5.97 Å². The molecule has 2 N–H and O–H groups in total. The van der Waals surface area contributed by atoms with Gasteiger partial charge in [-0.15, -0.1) is 0 Å². The Morgan fingerprint density at radius 3 is 2.48 bits per heavy atom. The van der Waals surface area contributed by atoms with Crippen molar-refractivity contribution in [3.8, 4) is 0 Å². The van der Waals surface area contributed by atoms with Crippen LogP contribution in [0, 0.1) is 11.8 Å². The van der Waals surface area contributed by atoms with Gasteiger partial charge in [-0.1, -0.05) is 30.3 Å². The first-order chi connectivity index (χ1) is 11.0. The molecule has 1 saturated carbocycles. The van der Waals surface area contributed by atoms with E-state index in [2.05, 4.69) is 16.9 Å². The monoisotopic (exact) mass is 338 g/mol. The summed E-state index contributed by atoms with van der Waals surface area (Å²) in [7, 11) is -3.50. The number of carboxylic acids is 1. The van der Waals surface area contributed by atoms with Crippen molar-refractivity contribution in [1.82, 2.24) is 9.03 Å². The fourth-order valence-corrected chi connectivity index (χ4v) is 4.53. The van der Waals surface area contributed by atoms with Gasteiger partial charge in [-0.05, 0) is 36.7 Å². The number of hydrogen-bond acceptors (Lipinski definition) is 3. The molecule has 23 heavy (non-hydrogen) atoms. The number of aliphatic carboxylic acids is 1. The van der Waals surface area contributed by atoms with Crippen LogP contribution in [0.5, 0.6) is 0 Å². The van der Waals surface area contributed by atoms with E-state index in [1.807, 2.05) is 18.2 Å². The number of carboxylic acid groups (broad SMARTS) is 1. The van der Waals surface area contributed by atoms with E-state index in [9.17, 15) is 13.2 Å². The fraction of sp³-hybridized carbons (Fsp3) is 0.562. The molecule has 2 aliphatic rings. The summed E-state index contributed by atoms with van der Waals surface area (Å²) in [6, 6.07) is 10.1. The minimum Gasteiger partial charge on any atom is -0.481 e. The molecule has 1 aromatic rings. The van der Waals surface area contributed by atoms with Crippen molar-refractivity contribution in [2.24, 2.45) is 11.8 Å². The Hall–Kier alpha value is -1.44. The summed E-state index contributed by atoms with van der Waals surface area (Å²) >= 11 is 0. The number of piperidine rings is 1. The Labute approximate surface area is 136 Å². The summed E-state index contributed by atoms with van der Waals surface area (Å²) < 4.78 is 28.7. The third-order valence-electron chi connectivity index (χ3n) is 4.82. The zero-order chi connectivity index (χ0) is 16.4. The zero-order valence-electron chi connectivity index (χ0n) is 12.9. The van der Waals surface area contributed by atoms with Crippen molar-refractivity contribution in [3.63, 3.8) is 0 Å². The lowest BCUT2D eigenvalue weighted by atomic mass is 9.99. The molecule has 0 radical (unpaired) electrons. The number of nitrogens with zero attached hydrogens (tertiary/aromatic N) is 1. The van der Waals surface area contributed by atoms with Crippen LogP contribution in [0.1, 0.15) is 30.7 Å². The highest BCUT2D eigenvalue weighted by molar-refractivity contribution is 7.87. The van der Waals surface area contributed by atoms with E-state index in [1.54, 1.807) is 0 Å².